The minimum absolute atomic E-state index is 0.393. The summed E-state index contributed by atoms with van der Waals surface area (Å²) in [7, 11) is 4.57. The van der Waals surface area contributed by atoms with Crippen LogP contribution in [-0.2, 0) is 0 Å². The second-order valence-corrected chi connectivity index (χ2v) is 9.19. The van der Waals surface area contributed by atoms with E-state index in [0.29, 0.717) is 11.0 Å². The fourth-order valence-electron chi connectivity index (χ4n) is 4.93. The number of likely N-dealkylation sites (N-methyl/N-ethyl adjacent to an activating group) is 1. The van der Waals surface area contributed by atoms with Crippen LogP contribution in [0.5, 0.6) is 0 Å². The Hall–Kier alpha value is -0.0800. The lowest BCUT2D eigenvalue weighted by Gasteiger charge is -2.47. The number of hydrogen-bond acceptors (Lipinski definition) is 2. The van der Waals surface area contributed by atoms with Crippen molar-refractivity contribution in [2.45, 2.75) is 84.2 Å². The van der Waals surface area contributed by atoms with Gasteiger partial charge in [-0.15, -0.1) is 0 Å². The molecule has 1 N–H and O–H groups in total. The van der Waals surface area contributed by atoms with E-state index in [2.05, 4.69) is 52.0 Å². The number of hydrogen-bond donors (Lipinski definition) is 1. The van der Waals surface area contributed by atoms with E-state index in [0.717, 1.165) is 17.9 Å². The van der Waals surface area contributed by atoms with Crippen LogP contribution in [0.4, 0.5) is 0 Å². The highest BCUT2D eigenvalue weighted by molar-refractivity contribution is 4.96. The maximum atomic E-state index is 3.98. The molecule has 124 valence electrons. The molecule has 2 nitrogen and oxygen atoms in total. The van der Waals surface area contributed by atoms with Crippen molar-refractivity contribution < 1.29 is 0 Å². The zero-order chi connectivity index (χ0) is 15.7. The van der Waals surface area contributed by atoms with E-state index in [1.165, 1.54) is 51.5 Å². The minimum atomic E-state index is 0.393. The fourth-order valence-corrected chi connectivity index (χ4v) is 4.93. The predicted octanol–water partition coefficient (Wildman–Crippen LogP) is 4.30. The van der Waals surface area contributed by atoms with Crippen LogP contribution < -0.4 is 5.32 Å². The average Bonchev–Trinajstić information content (AvgIpc) is 2.36. The van der Waals surface area contributed by atoms with Gasteiger partial charge in [0, 0.05) is 18.1 Å². The molecule has 0 radical (unpaired) electrons. The third-order valence-electron chi connectivity index (χ3n) is 6.40. The van der Waals surface area contributed by atoms with E-state index >= 15 is 0 Å². The largest absolute Gasteiger partial charge is 0.312 e. The van der Waals surface area contributed by atoms with Gasteiger partial charge in [-0.25, -0.2) is 0 Å². The molecular formula is C19H38N2. The van der Waals surface area contributed by atoms with E-state index in [4.69, 9.17) is 0 Å². The van der Waals surface area contributed by atoms with Gasteiger partial charge in [0.2, 0.25) is 0 Å². The Labute approximate surface area is 133 Å². The summed E-state index contributed by atoms with van der Waals surface area (Å²) in [6, 6.07) is 0.729. The average molecular weight is 295 g/mol. The minimum Gasteiger partial charge on any atom is -0.312 e. The van der Waals surface area contributed by atoms with Crippen molar-refractivity contribution in [3.8, 4) is 0 Å². The van der Waals surface area contributed by atoms with Gasteiger partial charge in [0.25, 0.3) is 0 Å². The van der Waals surface area contributed by atoms with E-state index in [1.807, 2.05) is 0 Å². The fraction of sp³-hybridized carbons (Fsp3) is 1.00. The van der Waals surface area contributed by atoms with Gasteiger partial charge in [-0.3, -0.25) is 0 Å². The summed E-state index contributed by atoms with van der Waals surface area (Å²) < 4.78 is 0. The van der Waals surface area contributed by atoms with Gasteiger partial charge < -0.3 is 10.2 Å². The molecule has 0 aliphatic heterocycles. The lowest BCUT2D eigenvalue weighted by atomic mass is 9.70. The SMILES string of the molecule is CC1CCCC(CNC2CCC(C)(C)CC2C)(N(C)C)C1. The van der Waals surface area contributed by atoms with E-state index in [1.54, 1.807) is 0 Å². The summed E-state index contributed by atoms with van der Waals surface area (Å²) in [6.07, 6.45) is 9.64. The third-order valence-corrected chi connectivity index (χ3v) is 6.40. The molecule has 0 aromatic carbocycles. The molecule has 0 bridgehead atoms. The Kier molecular flexibility index (Phi) is 5.41. The Morgan fingerprint density at radius 3 is 2.33 bits per heavy atom. The monoisotopic (exact) mass is 294 g/mol. The number of rotatable bonds is 4. The Morgan fingerprint density at radius 2 is 1.76 bits per heavy atom. The Balaban J connectivity index is 1.93. The normalized spacial score (nSPS) is 40.4. The molecule has 0 aromatic heterocycles. The second-order valence-electron chi connectivity index (χ2n) is 9.19. The van der Waals surface area contributed by atoms with Gasteiger partial charge in [0.1, 0.15) is 0 Å². The second kappa shape index (κ2) is 6.58. The van der Waals surface area contributed by atoms with Crippen molar-refractivity contribution in [2.24, 2.45) is 17.3 Å². The summed E-state index contributed by atoms with van der Waals surface area (Å²) in [4.78, 5) is 2.51. The summed E-state index contributed by atoms with van der Waals surface area (Å²) >= 11 is 0. The van der Waals surface area contributed by atoms with Crippen molar-refractivity contribution in [1.82, 2.24) is 10.2 Å². The Morgan fingerprint density at radius 1 is 1.05 bits per heavy atom. The van der Waals surface area contributed by atoms with Gasteiger partial charge in [-0.2, -0.15) is 0 Å². The van der Waals surface area contributed by atoms with Crippen LogP contribution in [-0.4, -0.2) is 37.1 Å². The molecule has 2 rings (SSSR count). The molecule has 2 saturated carbocycles. The van der Waals surface area contributed by atoms with Crippen molar-refractivity contribution in [3.63, 3.8) is 0 Å². The number of nitrogens with one attached hydrogen (secondary N) is 1. The summed E-state index contributed by atoms with van der Waals surface area (Å²) in [5.41, 5.74) is 0.945. The lowest BCUT2D eigenvalue weighted by molar-refractivity contribution is 0.0617. The predicted molar refractivity (Wildman–Crippen MR) is 92.6 cm³/mol. The molecule has 2 aliphatic rings. The molecule has 0 heterocycles. The van der Waals surface area contributed by atoms with Crippen LogP contribution >= 0.6 is 0 Å². The summed E-state index contributed by atoms with van der Waals surface area (Å²) in [5, 5.41) is 3.98. The Bertz CT molecular complexity index is 336. The van der Waals surface area contributed by atoms with Crippen molar-refractivity contribution >= 4 is 0 Å². The maximum Gasteiger partial charge on any atom is 0.0330 e. The van der Waals surface area contributed by atoms with Crippen LogP contribution in [0.15, 0.2) is 0 Å². The zero-order valence-electron chi connectivity index (χ0n) is 15.3. The molecule has 0 saturated heterocycles. The summed E-state index contributed by atoms with van der Waals surface area (Å²) in [5.74, 6) is 1.69. The smallest absolute Gasteiger partial charge is 0.0330 e. The first-order valence-electron chi connectivity index (χ1n) is 9.15. The molecule has 2 fully saturated rings. The molecule has 0 spiro atoms. The highest BCUT2D eigenvalue weighted by atomic mass is 15.2. The topological polar surface area (TPSA) is 15.3 Å². The first-order valence-corrected chi connectivity index (χ1v) is 9.15. The first kappa shape index (κ1) is 17.3. The molecule has 4 atom stereocenters. The standard InChI is InChI=1S/C19H38N2/c1-15-8-7-10-19(12-15,21(5)6)14-20-17-9-11-18(3,4)13-16(17)2/h15-17,20H,7-14H2,1-6H3. The molecule has 4 unspecified atom stereocenters. The van der Waals surface area contributed by atoms with Gasteiger partial charge in [-0.05, 0) is 63.5 Å². The molecule has 21 heavy (non-hydrogen) atoms. The van der Waals surface area contributed by atoms with Crippen molar-refractivity contribution in [3.05, 3.63) is 0 Å². The third kappa shape index (κ3) is 4.22. The van der Waals surface area contributed by atoms with Crippen LogP contribution in [0.3, 0.4) is 0 Å². The quantitative estimate of drug-likeness (QED) is 0.831. The molecule has 0 aromatic rings. The van der Waals surface area contributed by atoms with Gasteiger partial charge >= 0.3 is 0 Å². The van der Waals surface area contributed by atoms with Crippen LogP contribution in [0.25, 0.3) is 0 Å². The zero-order valence-corrected chi connectivity index (χ0v) is 15.3. The van der Waals surface area contributed by atoms with E-state index < -0.39 is 0 Å². The lowest BCUT2D eigenvalue weighted by Crippen LogP contribution is -2.57. The molecule has 0 amide bonds. The molecule has 2 heteroatoms. The summed E-state index contributed by atoms with van der Waals surface area (Å²) in [6.45, 7) is 10.9. The highest BCUT2D eigenvalue weighted by Crippen LogP contribution is 2.39. The molecule has 2 aliphatic carbocycles. The van der Waals surface area contributed by atoms with Gasteiger partial charge in [0.05, 0.1) is 0 Å². The van der Waals surface area contributed by atoms with Crippen molar-refractivity contribution in [2.75, 3.05) is 20.6 Å². The number of nitrogens with zero attached hydrogens (tertiary/aromatic N) is 1. The molecular weight excluding hydrogens is 256 g/mol. The highest BCUT2D eigenvalue weighted by Gasteiger charge is 2.38. The van der Waals surface area contributed by atoms with E-state index in [9.17, 15) is 0 Å². The first-order chi connectivity index (χ1) is 9.74. The van der Waals surface area contributed by atoms with Crippen LogP contribution in [0.1, 0.15) is 72.6 Å². The van der Waals surface area contributed by atoms with Gasteiger partial charge in [-0.1, -0.05) is 40.5 Å². The van der Waals surface area contributed by atoms with Gasteiger partial charge in [0.15, 0.2) is 0 Å². The maximum absolute atomic E-state index is 3.98. The van der Waals surface area contributed by atoms with E-state index in [-0.39, 0.29) is 0 Å². The van der Waals surface area contributed by atoms with Crippen LogP contribution in [0, 0.1) is 17.3 Å². The van der Waals surface area contributed by atoms with Crippen molar-refractivity contribution in [1.29, 1.82) is 0 Å². The van der Waals surface area contributed by atoms with Crippen LogP contribution in [0.2, 0.25) is 0 Å².